The van der Waals surface area contributed by atoms with Crippen molar-refractivity contribution in [2.75, 3.05) is 34.3 Å². The standard InChI is InChI=1S/C33H53N7O6Si/c1-30(2,3)44-29(42)37-24-20-39(17-15-21(24)18-31(4,5)47(10,11)43)25-14-16-35-19-23(25)36-28(41)27-22(34)12-13-26(38-27)40-45-32(6,7)33(8,9)46-40/h12-14,16,19,21,24,43H,15,17-18,20,34H2,1-11H3,(H,36,41)(H,37,42)/t21-,24+/m0/s1. The number of nitrogens with two attached hydrogens (primary N) is 1. The van der Waals surface area contributed by atoms with Crippen LogP contribution in [0.4, 0.5) is 27.7 Å². The summed E-state index contributed by atoms with van der Waals surface area (Å²) in [6.07, 6.45) is 4.25. The average Bonchev–Trinajstić information content (AvgIpc) is 3.14. The van der Waals surface area contributed by atoms with Crippen LogP contribution in [-0.4, -0.2) is 71.0 Å². The van der Waals surface area contributed by atoms with Crippen molar-refractivity contribution in [1.82, 2.24) is 15.3 Å². The van der Waals surface area contributed by atoms with E-state index in [4.69, 9.17) is 20.1 Å². The molecule has 5 N–H and O–H groups in total. The number of amides is 2. The summed E-state index contributed by atoms with van der Waals surface area (Å²) in [6, 6.07) is 4.77. The molecule has 2 aliphatic heterocycles. The second kappa shape index (κ2) is 12.9. The maximum atomic E-state index is 13.6. The molecule has 47 heavy (non-hydrogen) atoms. The van der Waals surface area contributed by atoms with E-state index in [-0.39, 0.29) is 34.2 Å². The van der Waals surface area contributed by atoms with Gasteiger partial charge in [-0.3, -0.25) is 9.78 Å². The number of hydrogen-bond acceptors (Lipinski definition) is 11. The Balaban J connectivity index is 1.57. The molecule has 0 aliphatic carbocycles. The first-order chi connectivity index (χ1) is 21.5. The maximum Gasteiger partial charge on any atom is 0.407 e. The molecule has 2 aromatic rings. The van der Waals surface area contributed by atoms with Crippen molar-refractivity contribution in [3.8, 4) is 0 Å². The number of nitrogen functional groups attached to an aromatic ring is 1. The second-order valence-electron chi connectivity index (χ2n) is 15.8. The zero-order valence-electron chi connectivity index (χ0n) is 29.7. The van der Waals surface area contributed by atoms with Gasteiger partial charge in [0.1, 0.15) is 16.8 Å². The molecule has 2 aliphatic rings. The fourth-order valence-corrected chi connectivity index (χ4v) is 6.18. The van der Waals surface area contributed by atoms with Crippen LogP contribution in [0.15, 0.2) is 30.6 Å². The molecule has 260 valence electrons. The van der Waals surface area contributed by atoms with Crippen molar-refractivity contribution < 1.29 is 28.8 Å². The molecule has 2 saturated heterocycles. The highest BCUT2D eigenvalue weighted by Gasteiger charge is 2.50. The topological polar surface area (TPSA) is 164 Å². The highest BCUT2D eigenvalue weighted by Crippen LogP contribution is 2.45. The molecular weight excluding hydrogens is 618 g/mol. The highest BCUT2D eigenvalue weighted by atomic mass is 28.4. The SMILES string of the molecule is CC(C)(C)OC(=O)N[C@@H]1CN(c2ccncc2NC(=O)c2nc(N3OC(C)(C)C(C)(C)O3)ccc2N)CC[C@H]1CC(C)(C)[Si](C)(C)O. The van der Waals surface area contributed by atoms with Crippen LogP contribution >= 0.6 is 0 Å². The highest BCUT2D eigenvalue weighted by molar-refractivity contribution is 6.72. The van der Waals surface area contributed by atoms with Gasteiger partial charge in [0.25, 0.3) is 5.91 Å². The van der Waals surface area contributed by atoms with E-state index in [1.54, 1.807) is 24.5 Å². The number of aromatic nitrogens is 2. The molecular formula is C33H53N7O6Si. The molecule has 13 nitrogen and oxygen atoms in total. The summed E-state index contributed by atoms with van der Waals surface area (Å²) in [6.45, 7) is 22.4. The fourth-order valence-electron chi connectivity index (χ4n) is 5.42. The fraction of sp³-hybridized carbons (Fsp3) is 0.636. The van der Waals surface area contributed by atoms with Gasteiger partial charge >= 0.3 is 6.09 Å². The number of carbonyl (C=O) groups is 2. The Morgan fingerprint density at radius 3 is 2.34 bits per heavy atom. The van der Waals surface area contributed by atoms with Gasteiger partial charge in [-0.05, 0) is 104 Å². The number of carbonyl (C=O) groups excluding carboxylic acids is 2. The quantitative estimate of drug-likeness (QED) is 0.257. The number of piperidine rings is 1. The second-order valence-corrected chi connectivity index (χ2v) is 20.3. The van der Waals surface area contributed by atoms with Gasteiger partial charge in [-0.25, -0.2) is 19.5 Å². The lowest BCUT2D eigenvalue weighted by Crippen LogP contribution is -2.55. The van der Waals surface area contributed by atoms with Gasteiger partial charge in [0.2, 0.25) is 0 Å². The van der Waals surface area contributed by atoms with E-state index in [2.05, 4.69) is 39.3 Å². The molecule has 2 aromatic heterocycles. The minimum absolute atomic E-state index is 0.00760. The minimum atomic E-state index is -2.50. The van der Waals surface area contributed by atoms with Crippen LogP contribution in [0.25, 0.3) is 0 Å². The van der Waals surface area contributed by atoms with E-state index in [1.807, 2.05) is 67.6 Å². The summed E-state index contributed by atoms with van der Waals surface area (Å²) in [4.78, 5) is 60.5. The average molecular weight is 672 g/mol. The molecule has 4 heterocycles. The summed E-state index contributed by atoms with van der Waals surface area (Å²) >= 11 is 0. The first kappa shape index (κ1) is 36.4. The summed E-state index contributed by atoms with van der Waals surface area (Å²) < 4.78 is 5.62. The Kier molecular flexibility index (Phi) is 9.95. The lowest BCUT2D eigenvalue weighted by atomic mass is 9.84. The lowest BCUT2D eigenvalue weighted by molar-refractivity contribution is -0.0292. The van der Waals surface area contributed by atoms with Crippen LogP contribution in [0.1, 0.15) is 85.6 Å². The van der Waals surface area contributed by atoms with Crippen LogP contribution in [0.3, 0.4) is 0 Å². The number of nitrogens with one attached hydrogen (secondary N) is 2. The Bertz CT molecular complexity index is 1450. The van der Waals surface area contributed by atoms with E-state index < -0.39 is 37.1 Å². The number of ether oxygens (including phenoxy) is 1. The van der Waals surface area contributed by atoms with Crippen LogP contribution in [0, 0.1) is 5.92 Å². The zero-order chi connectivity index (χ0) is 35.2. The Morgan fingerprint density at radius 2 is 1.74 bits per heavy atom. The Hall–Kier alpha value is -3.46. The van der Waals surface area contributed by atoms with Gasteiger partial charge in [0.15, 0.2) is 19.8 Å². The third-order valence-electron chi connectivity index (χ3n) is 9.66. The number of alkyl carbamates (subject to hydrolysis) is 1. The molecule has 2 fully saturated rings. The molecule has 0 saturated carbocycles. The van der Waals surface area contributed by atoms with Crippen molar-refractivity contribution in [3.05, 3.63) is 36.3 Å². The maximum absolute atomic E-state index is 13.6. The predicted octanol–water partition coefficient (Wildman–Crippen LogP) is 5.64. The molecule has 4 rings (SSSR count). The van der Waals surface area contributed by atoms with E-state index in [9.17, 15) is 14.4 Å². The summed E-state index contributed by atoms with van der Waals surface area (Å²) in [5, 5.41) is 7.00. The van der Waals surface area contributed by atoms with Gasteiger partial charge in [0, 0.05) is 19.3 Å². The number of nitrogens with zero attached hydrogens (tertiary/aromatic N) is 4. The zero-order valence-corrected chi connectivity index (χ0v) is 30.7. The number of anilines is 4. The molecule has 2 amide bonds. The molecule has 0 radical (unpaired) electrons. The van der Waals surface area contributed by atoms with E-state index >= 15 is 0 Å². The molecule has 0 spiro atoms. The van der Waals surface area contributed by atoms with Crippen LogP contribution in [0.2, 0.25) is 18.1 Å². The van der Waals surface area contributed by atoms with Crippen molar-refractivity contribution in [2.45, 2.75) is 116 Å². The van der Waals surface area contributed by atoms with Gasteiger partial charge in [-0.1, -0.05) is 13.8 Å². The smallest absolute Gasteiger partial charge is 0.407 e. The van der Waals surface area contributed by atoms with Crippen molar-refractivity contribution in [1.29, 1.82) is 0 Å². The number of rotatable bonds is 8. The van der Waals surface area contributed by atoms with Crippen molar-refractivity contribution in [2.24, 2.45) is 5.92 Å². The van der Waals surface area contributed by atoms with Gasteiger partial charge in [-0.15, -0.1) is 5.23 Å². The summed E-state index contributed by atoms with van der Waals surface area (Å²) in [5.41, 5.74) is 5.69. The molecule has 0 aromatic carbocycles. The van der Waals surface area contributed by atoms with Gasteiger partial charge in [-0.2, -0.15) is 0 Å². The normalized spacial score (nSPS) is 21.4. The van der Waals surface area contributed by atoms with Gasteiger partial charge in [0.05, 0.1) is 29.3 Å². The predicted molar refractivity (Wildman–Crippen MR) is 185 cm³/mol. The minimum Gasteiger partial charge on any atom is -0.444 e. The number of hydrogen-bond donors (Lipinski definition) is 4. The van der Waals surface area contributed by atoms with Crippen molar-refractivity contribution in [3.63, 3.8) is 0 Å². The van der Waals surface area contributed by atoms with Crippen LogP contribution in [0.5, 0.6) is 0 Å². The Morgan fingerprint density at radius 1 is 1.11 bits per heavy atom. The third-order valence-corrected chi connectivity index (χ3v) is 13.2. The van der Waals surface area contributed by atoms with E-state index in [0.717, 1.165) is 18.5 Å². The third kappa shape index (κ3) is 8.34. The van der Waals surface area contributed by atoms with E-state index in [1.165, 1.54) is 5.23 Å². The van der Waals surface area contributed by atoms with Crippen molar-refractivity contribution >= 4 is 43.2 Å². The summed E-state index contributed by atoms with van der Waals surface area (Å²) in [7, 11) is -2.50. The van der Waals surface area contributed by atoms with Gasteiger partial charge < -0.3 is 30.8 Å². The number of pyridine rings is 2. The molecule has 0 unspecified atom stereocenters. The first-order valence-corrected chi connectivity index (χ1v) is 19.1. The molecule has 2 atom stereocenters. The Labute approximate surface area is 279 Å². The first-order valence-electron chi connectivity index (χ1n) is 16.2. The lowest BCUT2D eigenvalue weighted by Gasteiger charge is -2.45. The molecule has 0 bridgehead atoms. The van der Waals surface area contributed by atoms with Crippen LogP contribution < -0.4 is 26.5 Å². The van der Waals surface area contributed by atoms with E-state index in [0.29, 0.717) is 18.8 Å². The monoisotopic (exact) mass is 671 g/mol. The van der Waals surface area contributed by atoms with Crippen LogP contribution in [-0.2, 0) is 14.4 Å². The largest absolute Gasteiger partial charge is 0.444 e. The molecule has 14 heteroatoms. The summed E-state index contributed by atoms with van der Waals surface area (Å²) in [5.74, 6) is -0.139.